The van der Waals surface area contributed by atoms with Crippen molar-refractivity contribution in [2.45, 2.75) is 0 Å². The summed E-state index contributed by atoms with van der Waals surface area (Å²) in [6, 6.07) is 7.77. The number of halogens is 3. The number of nitrogens with one attached hydrogen (secondary N) is 1. The number of amides is 1. The molecule has 0 spiro atoms. The normalized spacial score (nSPS) is 10.3. The Morgan fingerprint density at radius 3 is 2.58 bits per heavy atom. The highest BCUT2D eigenvalue weighted by Gasteiger charge is 2.12. The van der Waals surface area contributed by atoms with Crippen LogP contribution in [0.2, 0.25) is 15.2 Å². The van der Waals surface area contributed by atoms with Crippen LogP contribution in [0.1, 0.15) is 10.4 Å². The van der Waals surface area contributed by atoms with Crippen LogP contribution in [-0.4, -0.2) is 10.9 Å². The van der Waals surface area contributed by atoms with E-state index in [-0.39, 0.29) is 26.4 Å². The first-order chi connectivity index (χ1) is 8.97. The summed E-state index contributed by atoms with van der Waals surface area (Å²) in [6.07, 6.45) is 0. The van der Waals surface area contributed by atoms with E-state index in [2.05, 4.69) is 10.3 Å². The van der Waals surface area contributed by atoms with Gasteiger partial charge in [0.25, 0.3) is 5.91 Å². The zero-order chi connectivity index (χ0) is 14.0. The minimum atomic E-state index is -0.403. The number of rotatable bonds is 2. The number of nitrogens with two attached hydrogens (primary N) is 1. The van der Waals surface area contributed by atoms with Gasteiger partial charge in [0.15, 0.2) is 0 Å². The Morgan fingerprint density at radius 1 is 1.21 bits per heavy atom. The standard InChI is InChI=1S/C12H8Cl3N3O/c13-7-4-6(5-8(16)11(7)15)12(19)18-10-3-1-2-9(14)17-10/h1-5H,16H2,(H,17,18,19). The molecule has 1 aromatic carbocycles. The summed E-state index contributed by atoms with van der Waals surface area (Å²) >= 11 is 17.4. The summed E-state index contributed by atoms with van der Waals surface area (Å²) < 4.78 is 0. The van der Waals surface area contributed by atoms with E-state index >= 15 is 0 Å². The first-order valence-electron chi connectivity index (χ1n) is 5.16. The van der Waals surface area contributed by atoms with E-state index in [0.29, 0.717) is 5.82 Å². The monoisotopic (exact) mass is 315 g/mol. The Bertz CT molecular complexity index is 623. The highest BCUT2D eigenvalue weighted by atomic mass is 35.5. The molecule has 0 radical (unpaired) electrons. The lowest BCUT2D eigenvalue weighted by molar-refractivity contribution is 0.102. The van der Waals surface area contributed by atoms with Crippen molar-refractivity contribution >= 4 is 52.2 Å². The van der Waals surface area contributed by atoms with Crippen LogP contribution in [-0.2, 0) is 0 Å². The molecular weight excluding hydrogens is 309 g/mol. The Balaban J connectivity index is 2.25. The van der Waals surface area contributed by atoms with E-state index in [1.165, 1.54) is 12.1 Å². The summed E-state index contributed by atoms with van der Waals surface area (Å²) in [5.41, 5.74) is 6.16. The van der Waals surface area contributed by atoms with Crippen molar-refractivity contribution in [3.8, 4) is 0 Å². The lowest BCUT2D eigenvalue weighted by atomic mass is 10.2. The van der Waals surface area contributed by atoms with Gasteiger partial charge in [0.1, 0.15) is 11.0 Å². The Kier molecular flexibility index (Phi) is 4.14. The minimum Gasteiger partial charge on any atom is -0.397 e. The summed E-state index contributed by atoms with van der Waals surface area (Å²) in [4.78, 5) is 15.9. The van der Waals surface area contributed by atoms with Crippen LogP contribution in [0, 0.1) is 0 Å². The van der Waals surface area contributed by atoms with Gasteiger partial charge >= 0.3 is 0 Å². The molecule has 0 atom stereocenters. The third-order valence-electron chi connectivity index (χ3n) is 2.28. The van der Waals surface area contributed by atoms with Gasteiger partial charge in [-0.2, -0.15) is 0 Å². The van der Waals surface area contributed by atoms with Crippen LogP contribution >= 0.6 is 34.8 Å². The molecule has 0 fully saturated rings. The number of carbonyl (C=O) groups is 1. The molecule has 0 bridgehead atoms. The van der Waals surface area contributed by atoms with Crippen LogP contribution in [0.15, 0.2) is 30.3 Å². The van der Waals surface area contributed by atoms with Gasteiger partial charge in [-0.1, -0.05) is 40.9 Å². The maximum absolute atomic E-state index is 12.0. The number of nitrogen functional groups attached to an aromatic ring is 1. The minimum absolute atomic E-state index is 0.214. The molecule has 0 saturated carbocycles. The molecule has 1 amide bonds. The van der Waals surface area contributed by atoms with E-state index in [0.717, 1.165) is 0 Å². The van der Waals surface area contributed by atoms with Crippen molar-refractivity contribution in [2.24, 2.45) is 0 Å². The fourth-order valence-corrected chi connectivity index (χ4v) is 1.91. The zero-order valence-corrected chi connectivity index (χ0v) is 11.7. The Labute approximate surface area is 124 Å². The predicted molar refractivity (Wildman–Crippen MR) is 78.1 cm³/mol. The quantitative estimate of drug-likeness (QED) is 0.652. The Morgan fingerprint density at radius 2 is 1.95 bits per heavy atom. The van der Waals surface area contributed by atoms with E-state index in [4.69, 9.17) is 40.5 Å². The number of nitrogens with zero attached hydrogens (tertiary/aromatic N) is 1. The van der Waals surface area contributed by atoms with Gasteiger partial charge in [0, 0.05) is 5.56 Å². The maximum atomic E-state index is 12.0. The molecule has 19 heavy (non-hydrogen) atoms. The van der Waals surface area contributed by atoms with Gasteiger partial charge < -0.3 is 11.1 Å². The first-order valence-corrected chi connectivity index (χ1v) is 6.29. The number of anilines is 2. The summed E-state index contributed by atoms with van der Waals surface area (Å²) in [6.45, 7) is 0. The second-order valence-corrected chi connectivity index (χ2v) is 4.83. The molecule has 0 aliphatic carbocycles. The predicted octanol–water partition coefficient (Wildman–Crippen LogP) is 3.88. The average molecular weight is 317 g/mol. The van der Waals surface area contributed by atoms with Gasteiger partial charge in [-0.05, 0) is 24.3 Å². The van der Waals surface area contributed by atoms with Gasteiger partial charge in [-0.15, -0.1) is 0 Å². The van der Waals surface area contributed by atoms with E-state index in [1.807, 2.05) is 0 Å². The topological polar surface area (TPSA) is 68.0 Å². The van der Waals surface area contributed by atoms with Gasteiger partial charge in [-0.3, -0.25) is 4.79 Å². The smallest absolute Gasteiger partial charge is 0.256 e. The third-order valence-corrected chi connectivity index (χ3v) is 3.30. The number of pyridine rings is 1. The SMILES string of the molecule is Nc1cc(C(=O)Nc2cccc(Cl)n2)cc(Cl)c1Cl. The fourth-order valence-electron chi connectivity index (χ4n) is 1.41. The number of carbonyl (C=O) groups excluding carboxylic acids is 1. The highest BCUT2D eigenvalue weighted by Crippen LogP contribution is 2.29. The molecule has 98 valence electrons. The molecule has 2 aromatic rings. The third kappa shape index (κ3) is 3.29. The molecule has 1 aromatic heterocycles. The fraction of sp³-hybridized carbons (Fsp3) is 0. The van der Waals surface area contributed by atoms with Crippen LogP contribution in [0.25, 0.3) is 0 Å². The molecule has 2 rings (SSSR count). The van der Waals surface area contributed by atoms with Crippen LogP contribution in [0.5, 0.6) is 0 Å². The molecule has 7 heteroatoms. The second kappa shape index (κ2) is 5.65. The van der Waals surface area contributed by atoms with E-state index in [9.17, 15) is 4.79 Å². The molecule has 0 unspecified atom stereocenters. The highest BCUT2D eigenvalue weighted by molar-refractivity contribution is 6.44. The van der Waals surface area contributed by atoms with Crippen LogP contribution < -0.4 is 11.1 Å². The molecule has 0 aliphatic rings. The molecule has 0 aliphatic heterocycles. The van der Waals surface area contributed by atoms with Gasteiger partial charge in [0.2, 0.25) is 0 Å². The molecule has 0 saturated heterocycles. The lowest BCUT2D eigenvalue weighted by Crippen LogP contribution is -2.13. The molecular formula is C12H8Cl3N3O. The summed E-state index contributed by atoms with van der Waals surface area (Å²) in [5.74, 6) is -0.0674. The van der Waals surface area contributed by atoms with Crippen molar-refractivity contribution in [3.05, 3.63) is 51.1 Å². The second-order valence-electron chi connectivity index (χ2n) is 3.66. The maximum Gasteiger partial charge on any atom is 0.256 e. The summed E-state index contributed by atoms with van der Waals surface area (Å²) in [7, 11) is 0. The number of hydrogen-bond donors (Lipinski definition) is 2. The zero-order valence-electron chi connectivity index (χ0n) is 9.45. The van der Waals surface area contributed by atoms with Crippen LogP contribution in [0.4, 0.5) is 11.5 Å². The number of hydrogen-bond acceptors (Lipinski definition) is 3. The number of benzene rings is 1. The van der Waals surface area contributed by atoms with Crippen LogP contribution in [0.3, 0.4) is 0 Å². The van der Waals surface area contributed by atoms with Crippen molar-refractivity contribution in [3.63, 3.8) is 0 Å². The largest absolute Gasteiger partial charge is 0.397 e. The molecule has 3 N–H and O–H groups in total. The van der Waals surface area contributed by atoms with Crippen molar-refractivity contribution in [1.29, 1.82) is 0 Å². The van der Waals surface area contributed by atoms with Crippen molar-refractivity contribution < 1.29 is 4.79 Å². The van der Waals surface area contributed by atoms with Gasteiger partial charge in [-0.25, -0.2) is 4.98 Å². The Hall–Kier alpha value is -1.49. The van der Waals surface area contributed by atoms with Crippen molar-refractivity contribution in [1.82, 2.24) is 4.98 Å². The van der Waals surface area contributed by atoms with Crippen molar-refractivity contribution in [2.75, 3.05) is 11.1 Å². The first kappa shape index (κ1) is 13.9. The summed E-state index contributed by atoms with van der Waals surface area (Å²) in [5, 5.41) is 3.30. The molecule has 4 nitrogen and oxygen atoms in total. The lowest BCUT2D eigenvalue weighted by Gasteiger charge is -2.07. The average Bonchev–Trinajstić information content (AvgIpc) is 2.35. The van der Waals surface area contributed by atoms with Gasteiger partial charge in [0.05, 0.1) is 15.7 Å². The molecule has 1 heterocycles. The van der Waals surface area contributed by atoms with E-state index in [1.54, 1.807) is 18.2 Å². The van der Waals surface area contributed by atoms with E-state index < -0.39 is 5.91 Å². The number of aromatic nitrogens is 1.